The Labute approximate surface area is 114 Å². The van der Waals surface area contributed by atoms with Gasteiger partial charge in [-0.2, -0.15) is 0 Å². The van der Waals surface area contributed by atoms with E-state index in [0.717, 1.165) is 26.3 Å². The first-order valence-electron chi connectivity index (χ1n) is 3.87. The number of nitrogens with zero attached hydrogens (tertiary/aromatic N) is 2. The Hall–Kier alpha value is 0.400. The number of pyridine rings is 1. The van der Waals surface area contributed by atoms with Gasteiger partial charge >= 0.3 is 0 Å². The standard InChI is InChI=1S/C8H6ClI2N3/c9-5-1-2-14-4-12-6(3-13-11)8(14)7(5)10/h1-2,4,13H,3H2. The molecule has 0 unspecified atom stereocenters. The van der Waals surface area contributed by atoms with E-state index < -0.39 is 0 Å². The van der Waals surface area contributed by atoms with Crippen LogP contribution >= 0.6 is 57.1 Å². The van der Waals surface area contributed by atoms with Gasteiger partial charge in [0.25, 0.3) is 0 Å². The van der Waals surface area contributed by atoms with Crippen molar-refractivity contribution in [3.8, 4) is 0 Å². The summed E-state index contributed by atoms with van der Waals surface area (Å²) in [6.07, 6.45) is 3.72. The van der Waals surface area contributed by atoms with Crippen LogP contribution in [0.25, 0.3) is 5.52 Å². The zero-order valence-electron chi connectivity index (χ0n) is 6.97. The quantitative estimate of drug-likeness (QED) is 0.583. The summed E-state index contributed by atoms with van der Waals surface area (Å²) in [5, 5.41) is 0.772. The van der Waals surface area contributed by atoms with Crippen LogP contribution in [0.1, 0.15) is 5.69 Å². The molecule has 6 heteroatoms. The topological polar surface area (TPSA) is 29.3 Å². The number of imidazole rings is 1. The molecule has 0 spiro atoms. The Morgan fingerprint density at radius 1 is 1.57 bits per heavy atom. The van der Waals surface area contributed by atoms with Gasteiger partial charge in [-0.1, -0.05) is 11.6 Å². The number of fused-ring (bicyclic) bond motifs is 1. The van der Waals surface area contributed by atoms with Gasteiger partial charge in [-0.15, -0.1) is 0 Å². The molecule has 2 aromatic heterocycles. The third-order valence-electron chi connectivity index (χ3n) is 1.90. The average molecular weight is 433 g/mol. The molecule has 0 saturated heterocycles. The summed E-state index contributed by atoms with van der Waals surface area (Å²) in [4.78, 5) is 4.32. The van der Waals surface area contributed by atoms with Crippen LogP contribution in [0.5, 0.6) is 0 Å². The van der Waals surface area contributed by atoms with E-state index in [2.05, 4.69) is 54.0 Å². The summed E-state index contributed by atoms with van der Waals surface area (Å²) in [5.74, 6) is 0. The summed E-state index contributed by atoms with van der Waals surface area (Å²) >= 11 is 10.4. The Morgan fingerprint density at radius 2 is 2.36 bits per heavy atom. The van der Waals surface area contributed by atoms with Gasteiger partial charge in [0.05, 0.1) is 26.1 Å². The molecular formula is C8H6ClI2N3. The number of rotatable bonds is 2. The van der Waals surface area contributed by atoms with Gasteiger partial charge in [-0.25, -0.2) is 4.98 Å². The smallest absolute Gasteiger partial charge is 0.0996 e. The fourth-order valence-corrected chi connectivity index (χ4v) is 2.55. The largest absolute Gasteiger partial charge is 0.305 e. The van der Waals surface area contributed by atoms with E-state index in [1.807, 2.05) is 16.7 Å². The molecule has 14 heavy (non-hydrogen) atoms. The molecular weight excluding hydrogens is 427 g/mol. The molecule has 0 fully saturated rings. The molecule has 0 saturated carbocycles. The molecule has 0 aliphatic carbocycles. The zero-order chi connectivity index (χ0) is 10.1. The van der Waals surface area contributed by atoms with Crippen LogP contribution in [0.15, 0.2) is 18.6 Å². The second-order valence-electron chi connectivity index (χ2n) is 2.74. The van der Waals surface area contributed by atoms with E-state index in [9.17, 15) is 0 Å². The van der Waals surface area contributed by atoms with Crippen molar-refractivity contribution in [1.29, 1.82) is 0 Å². The first kappa shape index (κ1) is 10.9. The summed E-state index contributed by atoms with van der Waals surface area (Å²) in [7, 11) is 0. The minimum atomic E-state index is 0.743. The minimum absolute atomic E-state index is 0.743. The molecule has 2 aromatic rings. The maximum absolute atomic E-state index is 6.05. The van der Waals surface area contributed by atoms with E-state index in [1.165, 1.54) is 0 Å². The molecule has 2 rings (SSSR count). The fraction of sp³-hybridized carbons (Fsp3) is 0.125. The van der Waals surface area contributed by atoms with Gasteiger partial charge in [0.1, 0.15) is 0 Å². The van der Waals surface area contributed by atoms with Crippen LogP contribution in [-0.4, -0.2) is 9.38 Å². The van der Waals surface area contributed by atoms with E-state index >= 15 is 0 Å². The van der Waals surface area contributed by atoms with Crippen molar-refractivity contribution in [3.05, 3.63) is 32.9 Å². The highest BCUT2D eigenvalue weighted by Gasteiger charge is 2.09. The number of hydrogen-bond donors (Lipinski definition) is 1. The van der Waals surface area contributed by atoms with Crippen molar-refractivity contribution in [3.63, 3.8) is 0 Å². The van der Waals surface area contributed by atoms with E-state index in [1.54, 1.807) is 6.33 Å². The summed E-state index contributed by atoms with van der Waals surface area (Å²) in [6.45, 7) is 0.743. The van der Waals surface area contributed by atoms with Crippen molar-refractivity contribution in [1.82, 2.24) is 12.9 Å². The molecule has 0 atom stereocenters. The van der Waals surface area contributed by atoms with Crippen LogP contribution in [-0.2, 0) is 6.54 Å². The lowest BCUT2D eigenvalue weighted by molar-refractivity contribution is 0.975. The number of halogens is 3. The molecule has 0 aliphatic rings. The van der Waals surface area contributed by atoms with Gasteiger partial charge in [0, 0.05) is 35.6 Å². The van der Waals surface area contributed by atoms with Crippen molar-refractivity contribution in [2.75, 3.05) is 0 Å². The van der Waals surface area contributed by atoms with Crippen LogP contribution in [0.4, 0.5) is 0 Å². The summed E-state index contributed by atoms with van der Waals surface area (Å²) in [5.41, 5.74) is 2.11. The highest BCUT2D eigenvalue weighted by molar-refractivity contribution is 14.1. The number of hydrogen-bond acceptors (Lipinski definition) is 2. The fourth-order valence-electron chi connectivity index (χ4n) is 1.28. The normalized spacial score (nSPS) is 11.1. The molecule has 0 amide bonds. The van der Waals surface area contributed by atoms with Gasteiger partial charge < -0.3 is 4.40 Å². The van der Waals surface area contributed by atoms with Crippen LogP contribution in [0.2, 0.25) is 5.02 Å². The van der Waals surface area contributed by atoms with Crippen LogP contribution in [0, 0.1) is 3.57 Å². The Bertz CT molecular complexity index is 469. The summed E-state index contributed by atoms with van der Waals surface area (Å²) in [6, 6.07) is 1.87. The first-order chi connectivity index (χ1) is 6.74. The van der Waals surface area contributed by atoms with Crippen LogP contribution in [0.3, 0.4) is 0 Å². The predicted octanol–water partition coefficient (Wildman–Crippen LogP) is 3.03. The lowest BCUT2D eigenvalue weighted by Gasteiger charge is -2.01. The average Bonchev–Trinajstić information content (AvgIpc) is 2.57. The highest BCUT2D eigenvalue weighted by atomic mass is 127. The number of aromatic nitrogens is 2. The lowest BCUT2D eigenvalue weighted by Crippen LogP contribution is -1.99. The minimum Gasteiger partial charge on any atom is -0.305 e. The van der Waals surface area contributed by atoms with E-state index in [4.69, 9.17) is 11.6 Å². The molecule has 0 radical (unpaired) electrons. The van der Waals surface area contributed by atoms with Crippen LogP contribution < -0.4 is 3.53 Å². The molecule has 0 bridgehead atoms. The van der Waals surface area contributed by atoms with E-state index in [-0.39, 0.29) is 0 Å². The summed E-state index contributed by atoms with van der Waals surface area (Å²) < 4.78 is 6.09. The second kappa shape index (κ2) is 4.50. The highest BCUT2D eigenvalue weighted by Crippen LogP contribution is 2.25. The zero-order valence-corrected chi connectivity index (χ0v) is 12.0. The van der Waals surface area contributed by atoms with Gasteiger partial charge in [-0.05, 0) is 28.7 Å². The Kier molecular flexibility index (Phi) is 3.50. The van der Waals surface area contributed by atoms with Gasteiger partial charge in [-0.3, -0.25) is 3.53 Å². The molecule has 74 valence electrons. The van der Waals surface area contributed by atoms with Crippen molar-refractivity contribution in [2.45, 2.75) is 6.54 Å². The maximum Gasteiger partial charge on any atom is 0.0996 e. The molecule has 0 aromatic carbocycles. The van der Waals surface area contributed by atoms with Gasteiger partial charge in [0.15, 0.2) is 0 Å². The molecule has 1 N–H and O–H groups in total. The maximum atomic E-state index is 6.05. The Balaban J connectivity index is 2.69. The molecule has 3 nitrogen and oxygen atoms in total. The monoisotopic (exact) mass is 433 g/mol. The molecule has 2 heterocycles. The van der Waals surface area contributed by atoms with E-state index in [0.29, 0.717) is 0 Å². The van der Waals surface area contributed by atoms with Crippen molar-refractivity contribution >= 4 is 62.6 Å². The van der Waals surface area contributed by atoms with Crippen molar-refractivity contribution < 1.29 is 0 Å². The van der Waals surface area contributed by atoms with Crippen molar-refractivity contribution in [2.24, 2.45) is 0 Å². The van der Waals surface area contributed by atoms with Gasteiger partial charge in [0.2, 0.25) is 0 Å². The third-order valence-corrected chi connectivity index (χ3v) is 4.01. The second-order valence-corrected chi connectivity index (χ2v) is 4.98. The SMILES string of the molecule is Clc1ccn2cnc(CNI)c2c1I. The number of nitrogens with one attached hydrogen (secondary N) is 1. The third kappa shape index (κ3) is 1.86. The first-order valence-corrected chi connectivity index (χ1v) is 6.40. The molecule has 0 aliphatic heterocycles. The lowest BCUT2D eigenvalue weighted by atomic mass is 10.3. The Morgan fingerprint density at radius 3 is 3.07 bits per heavy atom. The predicted molar refractivity (Wildman–Crippen MR) is 73.8 cm³/mol.